The molecule has 13 heavy (non-hydrogen) atoms. The Bertz CT molecular complexity index is 262. The minimum atomic E-state index is -2.18. The van der Waals surface area contributed by atoms with Gasteiger partial charge in [-0.1, -0.05) is 0 Å². The van der Waals surface area contributed by atoms with Gasteiger partial charge in [-0.3, -0.25) is 0 Å². The SMILES string of the molecule is CC(C#N)[Si](C)(C)O[Si](C)(C)C#N. The van der Waals surface area contributed by atoms with E-state index in [1.807, 2.05) is 33.1 Å². The second kappa shape index (κ2) is 4.05. The summed E-state index contributed by atoms with van der Waals surface area (Å²) < 4.78 is 5.82. The summed E-state index contributed by atoms with van der Waals surface area (Å²) in [6.45, 7) is 9.59. The maximum absolute atomic E-state index is 8.84. The van der Waals surface area contributed by atoms with Crippen molar-refractivity contribution in [1.29, 1.82) is 10.5 Å². The van der Waals surface area contributed by atoms with Gasteiger partial charge in [0.05, 0.1) is 17.3 Å². The van der Waals surface area contributed by atoms with Crippen molar-refractivity contribution in [1.82, 2.24) is 0 Å². The van der Waals surface area contributed by atoms with Gasteiger partial charge in [0.2, 0.25) is 0 Å². The molecule has 0 radical (unpaired) electrons. The summed E-state index contributed by atoms with van der Waals surface area (Å²) in [6.07, 6.45) is 0. The van der Waals surface area contributed by atoms with E-state index in [0.717, 1.165) is 0 Å². The van der Waals surface area contributed by atoms with Gasteiger partial charge >= 0.3 is 0 Å². The first-order valence-electron chi connectivity index (χ1n) is 4.26. The molecule has 3 nitrogen and oxygen atoms in total. The van der Waals surface area contributed by atoms with Gasteiger partial charge in [-0.15, -0.1) is 0 Å². The quantitative estimate of drug-likeness (QED) is 0.675. The van der Waals surface area contributed by atoms with Gasteiger partial charge < -0.3 is 4.12 Å². The van der Waals surface area contributed by atoms with Gasteiger partial charge in [0.1, 0.15) is 0 Å². The Morgan fingerprint density at radius 3 is 1.92 bits per heavy atom. The predicted molar refractivity (Wildman–Crippen MR) is 56.7 cm³/mol. The van der Waals surface area contributed by atoms with Crippen LogP contribution in [0.3, 0.4) is 0 Å². The van der Waals surface area contributed by atoms with E-state index < -0.39 is 16.6 Å². The molecule has 0 amide bonds. The van der Waals surface area contributed by atoms with Gasteiger partial charge in [0.25, 0.3) is 8.32 Å². The second-order valence-electron chi connectivity index (χ2n) is 4.18. The average Bonchev–Trinajstić information content (AvgIpc) is 2.01. The summed E-state index contributed by atoms with van der Waals surface area (Å²) in [5.74, 6) is 0. The highest BCUT2D eigenvalue weighted by atomic mass is 28.4. The Morgan fingerprint density at radius 1 is 1.15 bits per heavy atom. The molecule has 0 bridgehead atoms. The Labute approximate surface area is 82.2 Å². The maximum atomic E-state index is 8.84. The van der Waals surface area contributed by atoms with Crippen molar-refractivity contribution in [3.8, 4) is 11.8 Å². The molecular weight excluding hydrogens is 196 g/mol. The third-order valence-electron chi connectivity index (χ3n) is 2.02. The van der Waals surface area contributed by atoms with E-state index in [1.54, 1.807) is 0 Å². The molecule has 0 aromatic heterocycles. The molecule has 1 atom stereocenters. The molecule has 0 N–H and O–H groups in total. The minimum Gasteiger partial charge on any atom is -0.444 e. The predicted octanol–water partition coefficient (Wildman–Crippen LogP) is 2.39. The molecule has 5 heteroatoms. The maximum Gasteiger partial charge on any atom is 0.290 e. The molecule has 0 spiro atoms. The standard InChI is InChI=1S/C8H16N2OSi2/c1-8(6-9)13(4,5)11-12(2,3)7-10/h8H,1-5H3. The summed E-state index contributed by atoms with van der Waals surface area (Å²) >= 11 is 0. The molecule has 0 saturated carbocycles. The normalized spacial score (nSPS) is 14.4. The van der Waals surface area contributed by atoms with E-state index in [-0.39, 0.29) is 5.54 Å². The van der Waals surface area contributed by atoms with Crippen LogP contribution in [0.25, 0.3) is 0 Å². The molecule has 0 rings (SSSR count). The second-order valence-corrected chi connectivity index (χ2v) is 12.3. The first-order chi connectivity index (χ1) is 5.75. The van der Waals surface area contributed by atoms with Crippen LogP contribution >= 0.6 is 0 Å². The fraction of sp³-hybridized carbons (Fsp3) is 0.750. The Morgan fingerprint density at radius 2 is 1.62 bits per heavy atom. The van der Waals surface area contributed by atoms with Crippen LogP contribution in [0.1, 0.15) is 6.92 Å². The lowest BCUT2D eigenvalue weighted by Crippen LogP contribution is -2.45. The molecule has 72 valence electrons. The first-order valence-corrected chi connectivity index (χ1v) is 10.2. The Hall–Kier alpha value is -0.626. The summed E-state index contributed by atoms with van der Waals surface area (Å²) in [7, 11) is -4.16. The van der Waals surface area contributed by atoms with Crippen LogP contribution in [0.4, 0.5) is 0 Å². The number of hydrogen-bond acceptors (Lipinski definition) is 3. The van der Waals surface area contributed by atoms with Crippen molar-refractivity contribution >= 4 is 16.6 Å². The zero-order valence-electron chi connectivity index (χ0n) is 8.88. The summed E-state index contributed by atoms with van der Waals surface area (Å²) in [5.41, 5.74) is 2.16. The lowest BCUT2D eigenvalue weighted by molar-refractivity contribution is 0.548. The van der Waals surface area contributed by atoms with Crippen molar-refractivity contribution in [2.45, 2.75) is 38.7 Å². The zero-order chi connectivity index (χ0) is 10.7. The number of hydrogen-bond donors (Lipinski definition) is 0. The van der Waals surface area contributed by atoms with Crippen molar-refractivity contribution in [3.63, 3.8) is 0 Å². The highest BCUT2D eigenvalue weighted by Gasteiger charge is 2.37. The number of nitriles is 2. The van der Waals surface area contributed by atoms with Gasteiger partial charge in [-0.2, -0.15) is 5.26 Å². The monoisotopic (exact) mass is 212 g/mol. The van der Waals surface area contributed by atoms with Crippen molar-refractivity contribution < 1.29 is 4.12 Å². The first kappa shape index (κ1) is 12.4. The largest absolute Gasteiger partial charge is 0.444 e. The zero-order valence-corrected chi connectivity index (χ0v) is 10.9. The lowest BCUT2D eigenvalue weighted by atomic mass is 10.5. The van der Waals surface area contributed by atoms with Crippen LogP contribution < -0.4 is 0 Å². The van der Waals surface area contributed by atoms with Crippen LogP contribution in [0.15, 0.2) is 0 Å². The highest BCUT2D eigenvalue weighted by molar-refractivity contribution is 6.89. The third kappa shape index (κ3) is 3.73. The molecule has 0 aliphatic rings. The van der Waals surface area contributed by atoms with E-state index >= 15 is 0 Å². The van der Waals surface area contributed by atoms with Gasteiger partial charge in [-0.25, -0.2) is 5.26 Å². The molecule has 0 aliphatic heterocycles. The van der Waals surface area contributed by atoms with E-state index in [1.165, 1.54) is 0 Å². The smallest absolute Gasteiger partial charge is 0.290 e. The summed E-state index contributed by atoms with van der Waals surface area (Å²) in [4.78, 5) is 0. The molecule has 0 fully saturated rings. The minimum absolute atomic E-state index is 0.0624. The number of nitrogens with zero attached hydrogens (tertiary/aromatic N) is 2. The molecule has 0 saturated heterocycles. The molecule has 0 heterocycles. The van der Waals surface area contributed by atoms with E-state index in [9.17, 15) is 0 Å². The van der Waals surface area contributed by atoms with Crippen LogP contribution in [0.5, 0.6) is 0 Å². The topological polar surface area (TPSA) is 56.8 Å². The van der Waals surface area contributed by atoms with Crippen molar-refractivity contribution in [2.24, 2.45) is 0 Å². The Kier molecular flexibility index (Phi) is 3.86. The average molecular weight is 212 g/mol. The van der Waals surface area contributed by atoms with E-state index in [2.05, 4.69) is 11.8 Å². The van der Waals surface area contributed by atoms with Gasteiger partial charge in [0.15, 0.2) is 8.32 Å². The molecule has 0 aromatic carbocycles. The molecule has 0 aromatic rings. The van der Waals surface area contributed by atoms with Crippen molar-refractivity contribution in [3.05, 3.63) is 0 Å². The van der Waals surface area contributed by atoms with Gasteiger partial charge in [0, 0.05) is 0 Å². The third-order valence-corrected chi connectivity index (χ3v) is 8.92. The van der Waals surface area contributed by atoms with Crippen LogP contribution in [-0.4, -0.2) is 16.6 Å². The summed E-state index contributed by atoms with van der Waals surface area (Å²) in [6, 6.07) is 2.20. The van der Waals surface area contributed by atoms with Crippen molar-refractivity contribution in [2.75, 3.05) is 0 Å². The molecule has 1 unspecified atom stereocenters. The lowest BCUT2D eigenvalue weighted by Gasteiger charge is -2.30. The molecule has 0 aliphatic carbocycles. The van der Waals surface area contributed by atoms with Crippen LogP contribution in [0, 0.1) is 22.3 Å². The Balaban J connectivity index is 4.55. The van der Waals surface area contributed by atoms with Crippen LogP contribution in [-0.2, 0) is 4.12 Å². The summed E-state index contributed by atoms with van der Waals surface area (Å²) in [5, 5.41) is 17.6. The highest BCUT2D eigenvalue weighted by Crippen LogP contribution is 2.25. The van der Waals surface area contributed by atoms with Gasteiger partial charge in [-0.05, 0) is 33.1 Å². The van der Waals surface area contributed by atoms with Crippen LogP contribution in [0.2, 0.25) is 31.7 Å². The van der Waals surface area contributed by atoms with E-state index in [0.29, 0.717) is 0 Å². The fourth-order valence-corrected chi connectivity index (χ4v) is 7.39. The number of rotatable bonds is 3. The molecular formula is C8H16N2OSi2. The fourth-order valence-electron chi connectivity index (χ4n) is 0.924. The van der Waals surface area contributed by atoms with E-state index in [4.69, 9.17) is 14.6 Å².